The molecular weight excluding hydrogens is 362 g/mol. The Kier molecular flexibility index (Phi) is 4.92. The van der Waals surface area contributed by atoms with Crippen LogP contribution in [0.15, 0.2) is 18.3 Å². The average Bonchev–Trinajstić information content (AvgIpc) is 3.39. The van der Waals surface area contributed by atoms with Crippen LogP contribution in [-0.4, -0.2) is 45.3 Å². The van der Waals surface area contributed by atoms with E-state index in [2.05, 4.69) is 40.3 Å². The van der Waals surface area contributed by atoms with Crippen molar-refractivity contribution < 1.29 is 9.53 Å². The summed E-state index contributed by atoms with van der Waals surface area (Å²) < 4.78 is 7.39. The standard InChI is InChI=1S/C19H23N5O2S/c1-11(2)24-7-6-15(23-24)16-9-14-18(20-12-4-5-13(8-12)26-3)21-17(10-25)22-19(14)27-16/h6-7,9-13H,4-5,8H2,1-3H3,(H,20,21,22). The molecule has 27 heavy (non-hydrogen) atoms. The highest BCUT2D eigenvalue weighted by Gasteiger charge is 2.25. The molecule has 1 N–H and O–H groups in total. The van der Waals surface area contributed by atoms with E-state index in [0.29, 0.717) is 12.3 Å². The number of thiophene rings is 1. The molecule has 0 amide bonds. The fraction of sp³-hybridized carbons (Fsp3) is 0.474. The van der Waals surface area contributed by atoms with Gasteiger partial charge in [0.15, 0.2) is 12.1 Å². The van der Waals surface area contributed by atoms with Gasteiger partial charge in [-0.3, -0.25) is 9.48 Å². The normalized spacial score (nSPS) is 19.9. The summed E-state index contributed by atoms with van der Waals surface area (Å²) in [7, 11) is 1.75. The number of ether oxygens (including phenoxy) is 1. The molecule has 1 aliphatic rings. The van der Waals surface area contributed by atoms with Crippen molar-refractivity contribution >= 4 is 33.7 Å². The number of hydrogen-bond acceptors (Lipinski definition) is 7. The minimum Gasteiger partial charge on any atom is -0.381 e. The number of nitrogens with one attached hydrogen (secondary N) is 1. The average molecular weight is 385 g/mol. The van der Waals surface area contributed by atoms with Crippen molar-refractivity contribution in [2.45, 2.75) is 51.3 Å². The molecule has 7 nitrogen and oxygen atoms in total. The number of aromatic nitrogens is 4. The molecule has 0 saturated heterocycles. The number of fused-ring (bicyclic) bond motifs is 1. The summed E-state index contributed by atoms with van der Waals surface area (Å²) in [5, 5.41) is 9.08. The third kappa shape index (κ3) is 3.59. The number of carbonyl (C=O) groups is 1. The zero-order valence-electron chi connectivity index (χ0n) is 15.7. The highest BCUT2D eigenvalue weighted by atomic mass is 32.1. The first-order valence-corrected chi connectivity index (χ1v) is 10.0. The lowest BCUT2D eigenvalue weighted by atomic mass is 10.2. The lowest BCUT2D eigenvalue weighted by Gasteiger charge is -2.14. The zero-order valence-corrected chi connectivity index (χ0v) is 16.5. The van der Waals surface area contributed by atoms with Gasteiger partial charge in [-0.15, -0.1) is 11.3 Å². The van der Waals surface area contributed by atoms with Crippen molar-refractivity contribution in [2.75, 3.05) is 12.4 Å². The van der Waals surface area contributed by atoms with E-state index in [0.717, 1.165) is 45.9 Å². The number of aldehydes is 1. The van der Waals surface area contributed by atoms with Gasteiger partial charge in [-0.05, 0) is 45.2 Å². The Morgan fingerprint density at radius 1 is 1.37 bits per heavy atom. The molecule has 2 unspecified atom stereocenters. The molecule has 3 aromatic rings. The van der Waals surface area contributed by atoms with E-state index in [1.807, 2.05) is 16.9 Å². The topological polar surface area (TPSA) is 81.9 Å². The van der Waals surface area contributed by atoms with Crippen LogP contribution in [0, 0.1) is 0 Å². The Morgan fingerprint density at radius 2 is 2.22 bits per heavy atom. The van der Waals surface area contributed by atoms with Crippen molar-refractivity contribution in [3.63, 3.8) is 0 Å². The molecule has 8 heteroatoms. The van der Waals surface area contributed by atoms with E-state index in [1.54, 1.807) is 7.11 Å². The molecule has 3 aromatic heterocycles. The van der Waals surface area contributed by atoms with Gasteiger partial charge in [0, 0.05) is 25.4 Å². The number of hydrogen-bond donors (Lipinski definition) is 1. The Balaban J connectivity index is 1.69. The molecule has 142 valence electrons. The number of rotatable bonds is 6. The Morgan fingerprint density at radius 3 is 2.89 bits per heavy atom. The van der Waals surface area contributed by atoms with Gasteiger partial charge < -0.3 is 10.1 Å². The second-order valence-electron chi connectivity index (χ2n) is 7.16. The predicted molar refractivity (Wildman–Crippen MR) is 106 cm³/mol. The molecule has 1 saturated carbocycles. The van der Waals surface area contributed by atoms with Crippen molar-refractivity contribution in [2.24, 2.45) is 0 Å². The largest absolute Gasteiger partial charge is 0.381 e. The van der Waals surface area contributed by atoms with Gasteiger partial charge in [0.1, 0.15) is 16.3 Å². The summed E-state index contributed by atoms with van der Waals surface area (Å²) in [5.41, 5.74) is 0.908. The van der Waals surface area contributed by atoms with Crippen molar-refractivity contribution in [3.8, 4) is 10.6 Å². The van der Waals surface area contributed by atoms with Crippen LogP contribution in [0.4, 0.5) is 5.82 Å². The lowest BCUT2D eigenvalue weighted by molar-refractivity contribution is 0.108. The summed E-state index contributed by atoms with van der Waals surface area (Å²) in [5.74, 6) is 0.919. The Hall–Kier alpha value is -2.32. The summed E-state index contributed by atoms with van der Waals surface area (Å²) in [6, 6.07) is 4.66. The van der Waals surface area contributed by atoms with E-state index in [9.17, 15) is 4.79 Å². The van der Waals surface area contributed by atoms with E-state index in [-0.39, 0.29) is 18.0 Å². The summed E-state index contributed by atoms with van der Waals surface area (Å²) >= 11 is 1.53. The second kappa shape index (κ2) is 7.36. The third-order valence-corrected chi connectivity index (χ3v) is 6.02. The van der Waals surface area contributed by atoms with Crippen LogP contribution in [0.2, 0.25) is 0 Å². The highest BCUT2D eigenvalue weighted by molar-refractivity contribution is 7.21. The maximum atomic E-state index is 11.3. The fourth-order valence-electron chi connectivity index (χ4n) is 3.46. The Bertz CT molecular complexity index is 964. The van der Waals surface area contributed by atoms with Crippen molar-refractivity contribution in [3.05, 3.63) is 24.2 Å². The molecule has 2 atom stereocenters. The second-order valence-corrected chi connectivity index (χ2v) is 8.20. The first kappa shape index (κ1) is 18.1. The monoisotopic (exact) mass is 385 g/mol. The molecular formula is C19H23N5O2S. The van der Waals surface area contributed by atoms with Gasteiger partial charge in [0.2, 0.25) is 0 Å². The SMILES string of the molecule is COC1CCC(Nc2nc(C=O)nc3sc(-c4ccn(C(C)C)n4)cc23)C1. The first-order chi connectivity index (χ1) is 13.1. The molecule has 0 bridgehead atoms. The number of methoxy groups -OCH3 is 1. The molecule has 0 aliphatic heterocycles. The van der Waals surface area contributed by atoms with Gasteiger partial charge in [-0.2, -0.15) is 5.10 Å². The van der Waals surface area contributed by atoms with Gasteiger partial charge in [-0.1, -0.05) is 0 Å². The minimum absolute atomic E-state index is 0.201. The van der Waals surface area contributed by atoms with Crippen LogP contribution < -0.4 is 5.32 Å². The predicted octanol–water partition coefficient (Wildman–Crippen LogP) is 3.93. The van der Waals surface area contributed by atoms with Crippen LogP contribution in [0.5, 0.6) is 0 Å². The smallest absolute Gasteiger partial charge is 0.196 e. The molecule has 0 spiro atoms. The van der Waals surface area contributed by atoms with E-state index in [4.69, 9.17) is 4.74 Å². The van der Waals surface area contributed by atoms with Crippen molar-refractivity contribution in [1.82, 2.24) is 19.7 Å². The highest BCUT2D eigenvalue weighted by Crippen LogP contribution is 2.36. The molecule has 4 rings (SSSR count). The molecule has 3 heterocycles. The third-order valence-electron chi connectivity index (χ3n) is 4.96. The summed E-state index contributed by atoms with van der Waals surface area (Å²) in [6.45, 7) is 4.20. The molecule has 0 aromatic carbocycles. The van der Waals surface area contributed by atoms with Crippen LogP contribution in [0.1, 0.15) is 49.8 Å². The van der Waals surface area contributed by atoms with Crippen molar-refractivity contribution in [1.29, 1.82) is 0 Å². The number of nitrogens with zero attached hydrogens (tertiary/aromatic N) is 4. The van der Waals surface area contributed by atoms with Crippen LogP contribution in [0.25, 0.3) is 20.8 Å². The van der Waals surface area contributed by atoms with E-state index >= 15 is 0 Å². The molecule has 1 aliphatic carbocycles. The molecule has 1 fully saturated rings. The zero-order chi connectivity index (χ0) is 19.0. The summed E-state index contributed by atoms with van der Waals surface area (Å²) in [6.07, 6.45) is 5.96. The maximum absolute atomic E-state index is 11.3. The minimum atomic E-state index is 0.201. The van der Waals surface area contributed by atoms with E-state index in [1.165, 1.54) is 11.3 Å². The van der Waals surface area contributed by atoms with Gasteiger partial charge in [-0.25, -0.2) is 9.97 Å². The van der Waals surface area contributed by atoms with Gasteiger partial charge >= 0.3 is 0 Å². The first-order valence-electron chi connectivity index (χ1n) is 9.19. The lowest BCUT2D eigenvalue weighted by Crippen LogP contribution is -2.18. The van der Waals surface area contributed by atoms with Gasteiger partial charge in [0.05, 0.1) is 16.4 Å². The molecule has 0 radical (unpaired) electrons. The fourth-order valence-corrected chi connectivity index (χ4v) is 4.47. The Labute approximate surface area is 161 Å². The van der Waals surface area contributed by atoms with Gasteiger partial charge in [0.25, 0.3) is 0 Å². The summed E-state index contributed by atoms with van der Waals surface area (Å²) in [4.78, 5) is 21.9. The quantitative estimate of drug-likeness (QED) is 0.648. The van der Waals surface area contributed by atoms with Crippen LogP contribution in [-0.2, 0) is 4.74 Å². The maximum Gasteiger partial charge on any atom is 0.196 e. The number of anilines is 1. The number of carbonyl (C=O) groups excluding carboxylic acids is 1. The van der Waals surface area contributed by atoms with Crippen LogP contribution >= 0.6 is 11.3 Å². The van der Waals surface area contributed by atoms with E-state index < -0.39 is 0 Å². The van der Waals surface area contributed by atoms with Crippen LogP contribution in [0.3, 0.4) is 0 Å².